The predicted octanol–water partition coefficient (Wildman–Crippen LogP) is 0.823. The maximum atomic E-state index is 11.7. The van der Waals surface area contributed by atoms with Gasteiger partial charge in [0, 0.05) is 0 Å². The van der Waals surface area contributed by atoms with Crippen LogP contribution in [0.2, 0.25) is 0 Å². The molecule has 0 aromatic rings. The van der Waals surface area contributed by atoms with Crippen molar-refractivity contribution in [3.63, 3.8) is 0 Å². The van der Waals surface area contributed by atoms with E-state index in [0.29, 0.717) is 0 Å². The Balaban J connectivity index is 3.76. The molecule has 0 rings (SSSR count). The van der Waals surface area contributed by atoms with Crippen molar-refractivity contribution in [2.75, 3.05) is 0 Å². The molecule has 0 heterocycles. The third-order valence-electron chi connectivity index (χ3n) is 0.647. The maximum absolute atomic E-state index is 11.7. The number of rotatable bonds is 2. The molecule has 9 heavy (non-hydrogen) atoms. The van der Waals surface area contributed by atoms with Gasteiger partial charge in [-0.2, -0.15) is 14.0 Å². The molecule has 1 unspecified atom stereocenters. The molecule has 0 aliphatic carbocycles. The van der Waals surface area contributed by atoms with Crippen LogP contribution in [0.3, 0.4) is 0 Å². The van der Waals surface area contributed by atoms with Crippen LogP contribution in [-0.4, -0.2) is 17.4 Å². The average Bonchev–Trinajstić information content (AvgIpc) is 1.64. The highest BCUT2D eigenvalue weighted by Gasteiger charge is 2.36. The Labute approximate surface area is 49.5 Å². The molecule has 0 radical (unpaired) electrons. The molecule has 0 aliphatic rings. The summed E-state index contributed by atoms with van der Waals surface area (Å²) < 4.78 is 34.4. The smallest absolute Gasteiger partial charge is 0.334 e. The van der Waals surface area contributed by atoms with Crippen LogP contribution in [-0.2, 0) is 0 Å². The van der Waals surface area contributed by atoms with Gasteiger partial charge in [-0.05, 0) is 0 Å². The van der Waals surface area contributed by atoms with E-state index in [9.17, 15) is 13.2 Å². The van der Waals surface area contributed by atoms with Gasteiger partial charge in [0.25, 0.3) is 0 Å². The highest BCUT2D eigenvalue weighted by molar-refractivity contribution is 4.79. The van der Waals surface area contributed by atoms with E-state index >= 15 is 0 Å². The van der Waals surface area contributed by atoms with Gasteiger partial charge in [0.1, 0.15) is 0 Å². The molecule has 0 spiro atoms. The Hall–Kier alpha value is -0.760. The Bertz CT molecular complexity index is 125. The van der Waals surface area contributed by atoms with Gasteiger partial charge in [0.2, 0.25) is 6.17 Å². The van der Waals surface area contributed by atoms with Crippen molar-refractivity contribution >= 4 is 0 Å². The molecule has 0 saturated carbocycles. The molecule has 0 aromatic carbocycles. The number of hydrogen-bond donors (Lipinski definition) is 1. The van der Waals surface area contributed by atoms with E-state index < -0.39 is 18.7 Å². The molecule has 2 nitrogen and oxygen atoms in total. The second kappa shape index (κ2) is 2.69. The zero-order valence-electron chi connectivity index (χ0n) is 4.31. The van der Waals surface area contributed by atoms with Crippen molar-refractivity contribution in [3.05, 3.63) is 0 Å². The average molecular weight is 139 g/mol. The summed E-state index contributed by atoms with van der Waals surface area (Å²) >= 11 is 0. The molecule has 0 aliphatic heterocycles. The molecule has 0 amide bonds. The Morgan fingerprint density at radius 3 is 2.22 bits per heavy atom. The van der Waals surface area contributed by atoms with Gasteiger partial charge in [0.05, 0.1) is 12.5 Å². The maximum Gasteiger partial charge on any atom is 0.385 e. The van der Waals surface area contributed by atoms with E-state index in [1.54, 1.807) is 0 Å². The van der Waals surface area contributed by atoms with Crippen molar-refractivity contribution in [3.8, 4) is 6.07 Å². The molecule has 0 aromatic heterocycles. The molecule has 1 atom stereocenters. The van der Waals surface area contributed by atoms with E-state index in [2.05, 4.69) is 0 Å². The van der Waals surface area contributed by atoms with E-state index in [1.807, 2.05) is 0 Å². The van der Waals surface area contributed by atoms with Crippen LogP contribution in [0.4, 0.5) is 13.2 Å². The third kappa shape index (κ3) is 2.93. The molecule has 1 N–H and O–H groups in total. The highest BCUT2D eigenvalue weighted by Crippen LogP contribution is 2.19. The summed E-state index contributed by atoms with van der Waals surface area (Å²) in [4.78, 5) is 0. The van der Waals surface area contributed by atoms with Crippen molar-refractivity contribution in [1.82, 2.24) is 0 Å². The van der Waals surface area contributed by atoms with Crippen molar-refractivity contribution < 1.29 is 18.3 Å². The van der Waals surface area contributed by atoms with Crippen LogP contribution in [0.25, 0.3) is 0 Å². The van der Waals surface area contributed by atoms with Gasteiger partial charge < -0.3 is 5.11 Å². The summed E-state index contributed by atoms with van der Waals surface area (Å²) in [5.41, 5.74) is 0. The highest BCUT2D eigenvalue weighted by atomic mass is 19.3. The summed E-state index contributed by atoms with van der Waals surface area (Å²) in [6.07, 6.45) is -8.15. The largest absolute Gasteiger partial charge is 0.385 e. The summed E-state index contributed by atoms with van der Waals surface area (Å²) in [6, 6.07) is 1.16. The molecule has 5 heteroatoms. The number of nitriles is 1. The molecular formula is C4H4F3NO. The monoisotopic (exact) mass is 139 g/mol. The number of hydrogen-bond acceptors (Lipinski definition) is 2. The van der Waals surface area contributed by atoms with Gasteiger partial charge in [-0.1, -0.05) is 0 Å². The zero-order valence-corrected chi connectivity index (χ0v) is 4.31. The first kappa shape index (κ1) is 8.24. The van der Waals surface area contributed by atoms with Gasteiger partial charge >= 0.3 is 6.11 Å². The fourth-order valence-corrected chi connectivity index (χ4v) is 0.203. The standard InChI is InChI=1S/C4H4F3NO/c5-3(1-2-8)4(6,7)9/h3,9H,1H2. The van der Waals surface area contributed by atoms with Crippen LogP contribution in [0.5, 0.6) is 0 Å². The number of nitrogens with zero attached hydrogens (tertiary/aromatic N) is 1. The molecule has 0 bridgehead atoms. The SMILES string of the molecule is N#CCC(F)C(O)(F)F. The van der Waals surface area contributed by atoms with Gasteiger partial charge in [-0.3, -0.25) is 0 Å². The Kier molecular flexibility index (Phi) is 2.46. The fraction of sp³-hybridized carbons (Fsp3) is 0.750. The predicted molar refractivity (Wildman–Crippen MR) is 22.3 cm³/mol. The van der Waals surface area contributed by atoms with Crippen molar-refractivity contribution in [2.24, 2.45) is 0 Å². The van der Waals surface area contributed by atoms with Gasteiger partial charge in [-0.25, -0.2) is 4.39 Å². The second-order valence-electron chi connectivity index (χ2n) is 1.42. The minimum Gasteiger partial charge on any atom is -0.334 e. The first-order chi connectivity index (χ1) is 3.98. The second-order valence-corrected chi connectivity index (χ2v) is 1.42. The third-order valence-corrected chi connectivity index (χ3v) is 0.647. The normalized spacial score (nSPS) is 14.6. The van der Waals surface area contributed by atoms with Crippen LogP contribution < -0.4 is 0 Å². The lowest BCUT2D eigenvalue weighted by atomic mass is 10.3. The van der Waals surface area contributed by atoms with E-state index in [-0.39, 0.29) is 0 Å². The van der Waals surface area contributed by atoms with E-state index in [4.69, 9.17) is 10.4 Å². The van der Waals surface area contributed by atoms with Crippen molar-refractivity contribution in [2.45, 2.75) is 18.7 Å². The Morgan fingerprint density at radius 2 is 2.11 bits per heavy atom. The minimum absolute atomic E-state index is 0.997. The zero-order chi connectivity index (χ0) is 7.49. The summed E-state index contributed by atoms with van der Waals surface area (Å²) in [7, 11) is 0. The molecule has 0 fully saturated rings. The lowest BCUT2D eigenvalue weighted by molar-refractivity contribution is -0.239. The van der Waals surface area contributed by atoms with E-state index in [1.165, 1.54) is 0 Å². The quantitative estimate of drug-likeness (QED) is 0.615. The number of alkyl halides is 3. The van der Waals surface area contributed by atoms with E-state index in [0.717, 1.165) is 6.07 Å². The van der Waals surface area contributed by atoms with Crippen LogP contribution >= 0.6 is 0 Å². The lowest BCUT2D eigenvalue weighted by Gasteiger charge is -2.09. The first-order valence-electron chi connectivity index (χ1n) is 2.09. The molecule has 0 saturated heterocycles. The van der Waals surface area contributed by atoms with Crippen molar-refractivity contribution in [1.29, 1.82) is 5.26 Å². The van der Waals surface area contributed by atoms with Crippen LogP contribution in [0, 0.1) is 11.3 Å². The Morgan fingerprint density at radius 1 is 1.67 bits per heavy atom. The fourth-order valence-electron chi connectivity index (χ4n) is 0.203. The lowest BCUT2D eigenvalue weighted by Crippen LogP contribution is -2.28. The topological polar surface area (TPSA) is 44.0 Å². The number of halogens is 3. The van der Waals surface area contributed by atoms with Gasteiger partial charge in [-0.15, -0.1) is 0 Å². The number of aliphatic hydroxyl groups is 1. The minimum atomic E-state index is -4.38. The van der Waals surface area contributed by atoms with Gasteiger partial charge in [0.15, 0.2) is 0 Å². The van der Waals surface area contributed by atoms with Crippen LogP contribution in [0.1, 0.15) is 6.42 Å². The molecular weight excluding hydrogens is 135 g/mol. The summed E-state index contributed by atoms with van der Waals surface area (Å²) in [5, 5.41) is 15.2. The molecule has 52 valence electrons. The summed E-state index contributed by atoms with van der Waals surface area (Å²) in [5.74, 6) is 0. The summed E-state index contributed by atoms with van der Waals surface area (Å²) in [6.45, 7) is 0. The first-order valence-corrected chi connectivity index (χ1v) is 2.09. The van der Waals surface area contributed by atoms with Crippen LogP contribution in [0.15, 0.2) is 0 Å².